The number of likely N-dealkylation sites (N-methyl/N-ethyl adjacent to an activating group) is 1. The maximum absolute atomic E-state index is 2.62. The smallest absolute Gasteiger partial charge is 0.0411 e. The van der Waals surface area contributed by atoms with E-state index in [1.165, 1.54) is 39.2 Å². The van der Waals surface area contributed by atoms with Crippen molar-refractivity contribution in [3.8, 4) is 0 Å². The van der Waals surface area contributed by atoms with Crippen LogP contribution in [0, 0.1) is 0 Å². The van der Waals surface area contributed by atoms with E-state index in [4.69, 9.17) is 0 Å². The molecule has 0 spiro atoms. The van der Waals surface area contributed by atoms with Crippen LogP contribution in [0.1, 0.15) is 27.8 Å². The van der Waals surface area contributed by atoms with Gasteiger partial charge in [0.1, 0.15) is 0 Å². The van der Waals surface area contributed by atoms with Gasteiger partial charge in [-0.25, -0.2) is 0 Å². The Morgan fingerprint density at radius 1 is 0.306 bits per heavy atom. The fourth-order valence-electron chi connectivity index (χ4n) is 7.24. The van der Waals surface area contributed by atoms with Crippen LogP contribution in [0.15, 0.2) is 212 Å². The van der Waals surface area contributed by atoms with Gasteiger partial charge in [-0.1, -0.05) is 188 Å². The lowest BCUT2D eigenvalue weighted by molar-refractivity contribution is 0.194. The Morgan fingerprint density at radius 3 is 1.03 bits per heavy atom. The quantitative estimate of drug-likeness (QED) is 0.0558. The Kier molecular flexibility index (Phi) is 20.8. The van der Waals surface area contributed by atoms with Crippen molar-refractivity contribution in [3.05, 3.63) is 240 Å². The van der Waals surface area contributed by atoms with E-state index >= 15 is 0 Å². The number of anilines is 2. The number of rotatable bonds is 24. The Balaban J connectivity index is 0.000000214. The van der Waals surface area contributed by atoms with Crippen LogP contribution in [-0.4, -0.2) is 72.5 Å². The van der Waals surface area contributed by atoms with Crippen LogP contribution in [0.3, 0.4) is 0 Å². The molecule has 0 fully saturated rings. The van der Waals surface area contributed by atoms with Gasteiger partial charge in [-0.2, -0.15) is 23.5 Å². The molecule has 0 radical (unpaired) electrons. The molecule has 0 saturated carbocycles. The lowest BCUT2D eigenvalue weighted by atomic mass is 10.1. The molecular formula is C56H64N4S2. The first kappa shape index (κ1) is 46.4. The molecule has 0 aromatic heterocycles. The van der Waals surface area contributed by atoms with Crippen molar-refractivity contribution < 1.29 is 0 Å². The normalized spacial score (nSPS) is 11.1. The zero-order valence-electron chi connectivity index (χ0n) is 36.5. The third-order valence-electron chi connectivity index (χ3n) is 10.7. The molecule has 0 atom stereocenters. The summed E-state index contributed by atoms with van der Waals surface area (Å²) in [6.45, 7) is 9.25. The molecule has 0 aliphatic heterocycles. The summed E-state index contributed by atoms with van der Waals surface area (Å²) < 4.78 is 0. The van der Waals surface area contributed by atoms with Crippen molar-refractivity contribution in [3.63, 3.8) is 0 Å². The number of benzene rings is 7. The third-order valence-corrected chi connectivity index (χ3v) is 12.7. The maximum Gasteiger partial charge on any atom is 0.0411 e. The molecule has 0 N–H and O–H groups in total. The molecule has 0 aliphatic carbocycles. The molecule has 7 rings (SSSR count). The minimum absolute atomic E-state index is 0.970. The lowest BCUT2D eigenvalue weighted by Crippen LogP contribution is -2.35. The van der Waals surface area contributed by atoms with Crippen LogP contribution < -0.4 is 4.90 Å². The summed E-state index contributed by atoms with van der Waals surface area (Å²) in [6, 6.07) is 75.4. The topological polar surface area (TPSA) is 13.0 Å². The maximum atomic E-state index is 2.62. The van der Waals surface area contributed by atoms with Crippen LogP contribution >= 0.6 is 23.5 Å². The van der Waals surface area contributed by atoms with Gasteiger partial charge in [-0.05, 0) is 59.1 Å². The lowest BCUT2D eigenvalue weighted by Gasteiger charge is -2.28. The first-order valence-electron chi connectivity index (χ1n) is 22.0. The van der Waals surface area contributed by atoms with E-state index in [9.17, 15) is 0 Å². The van der Waals surface area contributed by atoms with Crippen molar-refractivity contribution in [2.45, 2.75) is 31.1 Å². The standard InChI is InChI=1S/C32H36N2S.C24H28N2S/c1-5-13-29(14-6-1)25-33(23-24-35-28-32-19-11-4-12-20-32)21-22-34(26-30-15-7-2-8-16-30)27-31-17-9-3-10-18-31;1-25(19-20-27-21-22-11-5-2-6-12-22)17-18-26(23-13-7-3-8-14-23)24-15-9-4-10-16-24/h1-20H,21-28H2;2-16H,17-21H2,1H3. The largest absolute Gasteiger partial charge is 0.340 e. The average molecular weight is 857 g/mol. The number of hydrogen-bond donors (Lipinski definition) is 0. The van der Waals surface area contributed by atoms with E-state index in [1.54, 1.807) is 0 Å². The summed E-state index contributed by atoms with van der Waals surface area (Å²) in [5.74, 6) is 4.46. The predicted molar refractivity (Wildman–Crippen MR) is 271 cm³/mol. The van der Waals surface area contributed by atoms with E-state index in [0.29, 0.717) is 0 Å². The van der Waals surface area contributed by atoms with E-state index in [2.05, 4.69) is 239 Å². The molecule has 320 valence electrons. The second kappa shape index (κ2) is 27.8. The summed E-state index contributed by atoms with van der Waals surface area (Å²) in [6.07, 6.45) is 0. The highest BCUT2D eigenvalue weighted by molar-refractivity contribution is 7.98. The number of hydrogen-bond acceptors (Lipinski definition) is 6. The Morgan fingerprint density at radius 2 is 0.629 bits per heavy atom. The molecule has 4 nitrogen and oxygen atoms in total. The Labute approximate surface area is 381 Å². The van der Waals surface area contributed by atoms with Gasteiger partial charge in [0.05, 0.1) is 0 Å². The molecule has 6 heteroatoms. The predicted octanol–water partition coefficient (Wildman–Crippen LogP) is 12.8. The van der Waals surface area contributed by atoms with E-state index in [-0.39, 0.29) is 0 Å². The molecule has 0 unspecified atom stereocenters. The third kappa shape index (κ3) is 17.7. The highest BCUT2D eigenvalue weighted by Crippen LogP contribution is 2.24. The van der Waals surface area contributed by atoms with Crippen molar-refractivity contribution >= 4 is 34.9 Å². The summed E-state index contributed by atoms with van der Waals surface area (Å²) >= 11 is 4.04. The van der Waals surface area contributed by atoms with Crippen LogP contribution in [0.5, 0.6) is 0 Å². The molecule has 7 aromatic carbocycles. The summed E-state index contributed by atoms with van der Waals surface area (Å²) in [4.78, 5) is 10.0. The minimum atomic E-state index is 0.970. The van der Waals surface area contributed by atoms with Gasteiger partial charge in [0.2, 0.25) is 0 Å². The van der Waals surface area contributed by atoms with Gasteiger partial charge in [-0.3, -0.25) is 9.80 Å². The first-order valence-corrected chi connectivity index (χ1v) is 24.3. The zero-order valence-corrected chi connectivity index (χ0v) is 38.1. The first-order chi connectivity index (χ1) is 30.7. The second-order valence-corrected chi connectivity index (χ2v) is 17.9. The minimum Gasteiger partial charge on any atom is -0.340 e. The fraction of sp³-hybridized carbons (Fsp3) is 0.250. The van der Waals surface area contributed by atoms with Crippen molar-refractivity contribution in [1.82, 2.24) is 14.7 Å². The SMILES string of the molecule is CN(CCSCc1ccccc1)CCN(c1ccccc1)c1ccccc1.c1ccc(CSCCN(CCN(Cc2ccccc2)Cc2ccccc2)Cc2ccccc2)cc1. The molecule has 0 saturated heterocycles. The van der Waals surface area contributed by atoms with Crippen LogP contribution in [0.25, 0.3) is 0 Å². The number of thioether (sulfide) groups is 2. The average Bonchev–Trinajstić information content (AvgIpc) is 3.33. The van der Waals surface area contributed by atoms with Crippen LogP contribution in [-0.2, 0) is 31.1 Å². The van der Waals surface area contributed by atoms with Crippen molar-refractivity contribution in [1.29, 1.82) is 0 Å². The molecule has 62 heavy (non-hydrogen) atoms. The van der Waals surface area contributed by atoms with Crippen molar-refractivity contribution in [2.75, 3.05) is 62.7 Å². The summed E-state index contributed by atoms with van der Waals surface area (Å²) in [7, 11) is 2.22. The zero-order chi connectivity index (χ0) is 42.7. The van der Waals surface area contributed by atoms with Gasteiger partial charge in [0.15, 0.2) is 0 Å². The highest BCUT2D eigenvalue weighted by atomic mass is 32.2. The van der Waals surface area contributed by atoms with Crippen molar-refractivity contribution in [2.24, 2.45) is 0 Å². The van der Waals surface area contributed by atoms with Crippen LogP contribution in [0.4, 0.5) is 11.4 Å². The molecule has 0 bridgehead atoms. The Bertz CT molecular complexity index is 2070. The summed E-state index contributed by atoms with van der Waals surface area (Å²) in [5.41, 5.74) is 9.44. The van der Waals surface area contributed by atoms with Crippen LogP contribution in [0.2, 0.25) is 0 Å². The second-order valence-electron chi connectivity index (χ2n) is 15.6. The number of para-hydroxylation sites is 2. The molecular weight excluding hydrogens is 793 g/mol. The van der Waals surface area contributed by atoms with E-state index in [1.807, 2.05) is 23.5 Å². The highest BCUT2D eigenvalue weighted by Gasteiger charge is 2.13. The molecule has 0 heterocycles. The van der Waals surface area contributed by atoms with Gasteiger partial charge < -0.3 is 9.80 Å². The van der Waals surface area contributed by atoms with Gasteiger partial charge >= 0.3 is 0 Å². The number of nitrogens with zero attached hydrogens (tertiary/aromatic N) is 4. The molecule has 0 aliphatic rings. The van der Waals surface area contributed by atoms with Gasteiger partial charge in [-0.15, -0.1) is 0 Å². The van der Waals surface area contributed by atoms with Gasteiger partial charge in [0, 0.05) is 93.3 Å². The van der Waals surface area contributed by atoms with E-state index in [0.717, 1.165) is 81.9 Å². The monoisotopic (exact) mass is 856 g/mol. The molecule has 0 amide bonds. The Hall–Kier alpha value is -5.08. The summed E-state index contributed by atoms with van der Waals surface area (Å²) in [5, 5.41) is 0. The fourth-order valence-corrected chi connectivity index (χ4v) is 9.21. The van der Waals surface area contributed by atoms with Gasteiger partial charge in [0.25, 0.3) is 0 Å². The van der Waals surface area contributed by atoms with E-state index < -0.39 is 0 Å². The molecule has 7 aromatic rings.